The van der Waals surface area contributed by atoms with Crippen LogP contribution in [0.25, 0.3) is 0 Å². The van der Waals surface area contributed by atoms with Crippen molar-refractivity contribution in [1.82, 2.24) is 0 Å². The summed E-state index contributed by atoms with van der Waals surface area (Å²) in [4.78, 5) is 0. The molecule has 3 nitrogen and oxygen atoms in total. The average Bonchev–Trinajstić information content (AvgIpc) is 2.33. The van der Waals surface area contributed by atoms with Gasteiger partial charge in [-0.05, 0) is 47.0 Å². The lowest BCUT2D eigenvalue weighted by atomic mass is 10.1. The molecule has 0 spiro atoms. The normalized spacial score (nSPS) is 16.8. The van der Waals surface area contributed by atoms with Gasteiger partial charge >= 0.3 is 0 Å². The van der Waals surface area contributed by atoms with Crippen molar-refractivity contribution in [2.75, 3.05) is 18.5 Å². The number of nitrogens with zero attached hydrogens (tertiary/aromatic N) is 1. The minimum absolute atomic E-state index is 0.470. The van der Waals surface area contributed by atoms with Crippen molar-refractivity contribution in [1.29, 1.82) is 5.26 Å². The van der Waals surface area contributed by atoms with E-state index < -0.39 is 0 Å². The molecular formula is C12H13BrN2O. The van der Waals surface area contributed by atoms with Crippen LogP contribution in [-0.2, 0) is 4.74 Å². The van der Waals surface area contributed by atoms with Crippen LogP contribution in [-0.4, -0.2) is 19.3 Å². The van der Waals surface area contributed by atoms with Gasteiger partial charge in [0.15, 0.2) is 0 Å². The van der Waals surface area contributed by atoms with Crippen molar-refractivity contribution < 1.29 is 4.74 Å². The maximum atomic E-state index is 8.77. The molecule has 0 radical (unpaired) electrons. The van der Waals surface area contributed by atoms with Gasteiger partial charge in [-0.2, -0.15) is 5.26 Å². The smallest absolute Gasteiger partial charge is 0.0992 e. The van der Waals surface area contributed by atoms with E-state index in [1.54, 1.807) is 0 Å². The van der Waals surface area contributed by atoms with Gasteiger partial charge in [0.05, 0.1) is 11.6 Å². The third-order valence-corrected chi connectivity index (χ3v) is 3.34. The van der Waals surface area contributed by atoms with Gasteiger partial charge in [0.1, 0.15) is 0 Å². The fourth-order valence-corrected chi connectivity index (χ4v) is 2.26. The van der Waals surface area contributed by atoms with Crippen molar-refractivity contribution in [3.05, 3.63) is 28.2 Å². The van der Waals surface area contributed by atoms with E-state index in [9.17, 15) is 0 Å². The minimum Gasteiger partial charge on any atom is -0.381 e. The summed E-state index contributed by atoms with van der Waals surface area (Å²) in [5, 5.41) is 12.2. The number of nitrogens with one attached hydrogen (secondary N) is 1. The first-order chi connectivity index (χ1) is 7.79. The summed E-state index contributed by atoms with van der Waals surface area (Å²) in [7, 11) is 0. The second-order valence-electron chi connectivity index (χ2n) is 3.84. The highest BCUT2D eigenvalue weighted by Gasteiger charge is 2.14. The second-order valence-corrected chi connectivity index (χ2v) is 4.69. The van der Waals surface area contributed by atoms with Crippen LogP contribution in [0.4, 0.5) is 5.69 Å². The number of hydrogen-bond donors (Lipinski definition) is 1. The zero-order valence-electron chi connectivity index (χ0n) is 8.87. The number of hydrogen-bond acceptors (Lipinski definition) is 3. The molecule has 0 unspecified atom stereocenters. The zero-order chi connectivity index (χ0) is 11.4. The van der Waals surface area contributed by atoms with Gasteiger partial charge in [0, 0.05) is 29.4 Å². The number of anilines is 1. The number of rotatable bonds is 2. The summed E-state index contributed by atoms with van der Waals surface area (Å²) in [6.07, 6.45) is 2.07. The minimum atomic E-state index is 0.470. The van der Waals surface area contributed by atoms with E-state index in [4.69, 9.17) is 10.00 Å². The van der Waals surface area contributed by atoms with Crippen LogP contribution in [0.1, 0.15) is 18.4 Å². The number of nitriles is 1. The van der Waals surface area contributed by atoms with E-state index in [0.29, 0.717) is 11.6 Å². The third kappa shape index (κ3) is 2.75. The summed E-state index contributed by atoms with van der Waals surface area (Å²) < 4.78 is 6.25. The summed E-state index contributed by atoms with van der Waals surface area (Å²) >= 11 is 3.47. The molecule has 1 aromatic carbocycles. The molecule has 0 aliphatic carbocycles. The fourth-order valence-electron chi connectivity index (χ4n) is 1.76. The van der Waals surface area contributed by atoms with Crippen molar-refractivity contribution in [3.8, 4) is 6.07 Å². The first-order valence-electron chi connectivity index (χ1n) is 5.33. The standard InChI is InChI=1S/C12H13BrN2O/c13-11-7-9(8-14)1-2-12(11)15-10-3-5-16-6-4-10/h1-2,7,10,15H,3-6H2. The molecule has 84 valence electrons. The predicted molar refractivity (Wildman–Crippen MR) is 66.3 cm³/mol. The summed E-state index contributed by atoms with van der Waals surface area (Å²) in [5.74, 6) is 0. The highest BCUT2D eigenvalue weighted by molar-refractivity contribution is 9.10. The molecule has 0 aromatic heterocycles. The molecule has 1 heterocycles. The van der Waals surface area contributed by atoms with E-state index >= 15 is 0 Å². The molecule has 1 aliphatic rings. The molecule has 1 N–H and O–H groups in total. The van der Waals surface area contributed by atoms with Gasteiger partial charge in [0.2, 0.25) is 0 Å². The first-order valence-corrected chi connectivity index (χ1v) is 6.13. The fraction of sp³-hybridized carbons (Fsp3) is 0.417. The van der Waals surface area contributed by atoms with Gasteiger partial charge in [-0.1, -0.05) is 0 Å². The summed E-state index contributed by atoms with van der Waals surface area (Å²) in [6.45, 7) is 1.65. The Morgan fingerprint density at radius 1 is 1.38 bits per heavy atom. The van der Waals surface area contributed by atoms with E-state index in [-0.39, 0.29) is 0 Å². The molecule has 2 rings (SSSR count). The third-order valence-electron chi connectivity index (χ3n) is 2.68. The molecule has 16 heavy (non-hydrogen) atoms. The quantitative estimate of drug-likeness (QED) is 0.906. The van der Waals surface area contributed by atoms with Gasteiger partial charge in [-0.3, -0.25) is 0 Å². The maximum Gasteiger partial charge on any atom is 0.0992 e. The highest BCUT2D eigenvalue weighted by Crippen LogP contribution is 2.25. The Hall–Kier alpha value is -1.05. The summed E-state index contributed by atoms with van der Waals surface area (Å²) in [6, 6.07) is 8.19. The molecule has 0 bridgehead atoms. The van der Waals surface area contributed by atoms with Gasteiger partial charge in [-0.25, -0.2) is 0 Å². The lowest BCUT2D eigenvalue weighted by Gasteiger charge is -2.24. The highest BCUT2D eigenvalue weighted by atomic mass is 79.9. The summed E-state index contributed by atoms with van der Waals surface area (Å²) in [5.41, 5.74) is 1.72. The van der Waals surface area contributed by atoms with E-state index in [0.717, 1.165) is 36.2 Å². The molecule has 1 fully saturated rings. The molecule has 1 aliphatic heterocycles. The van der Waals surface area contributed by atoms with Gasteiger partial charge in [0.25, 0.3) is 0 Å². The van der Waals surface area contributed by atoms with Crippen LogP contribution in [0, 0.1) is 11.3 Å². The van der Waals surface area contributed by atoms with Crippen molar-refractivity contribution in [3.63, 3.8) is 0 Å². The molecule has 4 heteroatoms. The molecule has 0 atom stereocenters. The van der Waals surface area contributed by atoms with E-state index in [1.165, 1.54) is 0 Å². The van der Waals surface area contributed by atoms with Crippen LogP contribution in [0.2, 0.25) is 0 Å². The molecule has 1 aromatic rings. The van der Waals surface area contributed by atoms with Crippen LogP contribution in [0.3, 0.4) is 0 Å². The topological polar surface area (TPSA) is 45.0 Å². The van der Waals surface area contributed by atoms with Crippen molar-refractivity contribution in [2.45, 2.75) is 18.9 Å². The largest absolute Gasteiger partial charge is 0.381 e. The molecule has 1 saturated heterocycles. The molecular weight excluding hydrogens is 268 g/mol. The lowest BCUT2D eigenvalue weighted by molar-refractivity contribution is 0.0904. The average molecular weight is 281 g/mol. The number of ether oxygens (including phenoxy) is 1. The van der Waals surface area contributed by atoms with Gasteiger partial charge in [-0.15, -0.1) is 0 Å². The first kappa shape index (κ1) is 11.4. The second kappa shape index (κ2) is 5.33. The Morgan fingerprint density at radius 3 is 2.75 bits per heavy atom. The Labute approximate surface area is 104 Å². The Kier molecular flexibility index (Phi) is 3.81. The SMILES string of the molecule is N#Cc1ccc(NC2CCOCC2)c(Br)c1. The molecule has 0 saturated carbocycles. The maximum absolute atomic E-state index is 8.77. The predicted octanol–water partition coefficient (Wildman–Crippen LogP) is 2.91. The van der Waals surface area contributed by atoms with Crippen molar-refractivity contribution in [2.24, 2.45) is 0 Å². The van der Waals surface area contributed by atoms with Crippen LogP contribution < -0.4 is 5.32 Å². The van der Waals surface area contributed by atoms with Crippen molar-refractivity contribution >= 4 is 21.6 Å². The lowest BCUT2D eigenvalue weighted by Crippen LogP contribution is -2.27. The van der Waals surface area contributed by atoms with Crippen LogP contribution in [0.5, 0.6) is 0 Å². The van der Waals surface area contributed by atoms with E-state index in [1.807, 2.05) is 18.2 Å². The van der Waals surface area contributed by atoms with Crippen LogP contribution in [0.15, 0.2) is 22.7 Å². The Balaban J connectivity index is 2.06. The molecule has 0 amide bonds. The van der Waals surface area contributed by atoms with E-state index in [2.05, 4.69) is 27.3 Å². The Bertz CT molecular complexity index is 408. The number of halogens is 1. The Morgan fingerprint density at radius 2 is 2.12 bits per heavy atom. The van der Waals surface area contributed by atoms with Crippen LogP contribution >= 0.6 is 15.9 Å². The van der Waals surface area contributed by atoms with Gasteiger partial charge < -0.3 is 10.1 Å². The zero-order valence-corrected chi connectivity index (χ0v) is 10.5. The monoisotopic (exact) mass is 280 g/mol. The number of benzene rings is 1.